The number of carbonyl (C=O) groups is 1. The maximum absolute atomic E-state index is 12.9. The highest BCUT2D eigenvalue weighted by molar-refractivity contribution is 5.76. The number of carbonyl (C=O) groups excluding carboxylic acids is 1. The normalized spacial score (nSPS) is 37.5. The van der Waals surface area contributed by atoms with E-state index in [0.717, 1.165) is 45.4 Å². The van der Waals surface area contributed by atoms with Crippen molar-refractivity contribution < 1.29 is 14.6 Å². The van der Waals surface area contributed by atoms with E-state index in [0.29, 0.717) is 12.5 Å². The summed E-state index contributed by atoms with van der Waals surface area (Å²) in [5.74, 6) is 0.00102. The number of aliphatic hydroxyl groups is 1. The van der Waals surface area contributed by atoms with Crippen LogP contribution >= 0.6 is 0 Å². The first-order chi connectivity index (χ1) is 15.3. The molecule has 3 fully saturated rings. The minimum absolute atomic E-state index is 0.0945. The lowest BCUT2D eigenvalue weighted by atomic mass is 9.55. The third kappa shape index (κ3) is 3.49. The van der Waals surface area contributed by atoms with Crippen molar-refractivity contribution in [2.75, 3.05) is 37.6 Å². The van der Waals surface area contributed by atoms with Crippen LogP contribution < -0.4 is 4.90 Å². The van der Waals surface area contributed by atoms with Crippen LogP contribution in [0.3, 0.4) is 0 Å². The number of piperazine rings is 1. The average Bonchev–Trinajstić information content (AvgIpc) is 3.08. The second kappa shape index (κ2) is 8.18. The monoisotopic (exact) mass is 438 g/mol. The van der Waals surface area contributed by atoms with E-state index in [1.807, 2.05) is 0 Å². The third-order valence-corrected chi connectivity index (χ3v) is 9.25. The Labute approximate surface area is 192 Å². The number of esters is 1. The number of aryl methyl sites for hydroxylation is 2. The second-order valence-electron chi connectivity index (χ2n) is 10.9. The van der Waals surface area contributed by atoms with Crippen LogP contribution in [0.5, 0.6) is 0 Å². The molecule has 5 nitrogen and oxygen atoms in total. The molecule has 174 valence electrons. The number of fused-ring (bicyclic) bond motifs is 2. The van der Waals surface area contributed by atoms with Crippen LogP contribution in [0.1, 0.15) is 44.2 Å². The van der Waals surface area contributed by atoms with Crippen molar-refractivity contribution in [1.82, 2.24) is 4.90 Å². The van der Waals surface area contributed by atoms with E-state index in [1.54, 1.807) is 0 Å². The van der Waals surface area contributed by atoms with Gasteiger partial charge in [-0.1, -0.05) is 31.6 Å². The minimum Gasteiger partial charge on any atom is -0.461 e. The first-order valence-corrected chi connectivity index (χ1v) is 12.4. The van der Waals surface area contributed by atoms with Crippen molar-refractivity contribution in [3.63, 3.8) is 0 Å². The van der Waals surface area contributed by atoms with Gasteiger partial charge >= 0.3 is 5.97 Å². The Bertz CT molecular complexity index is 919. The van der Waals surface area contributed by atoms with E-state index >= 15 is 0 Å². The molecule has 2 aliphatic heterocycles. The summed E-state index contributed by atoms with van der Waals surface area (Å²) in [5.41, 5.74) is 5.02. The number of hydrogen-bond acceptors (Lipinski definition) is 5. The fourth-order valence-corrected chi connectivity index (χ4v) is 6.66. The molecular weight excluding hydrogens is 400 g/mol. The van der Waals surface area contributed by atoms with E-state index in [9.17, 15) is 9.90 Å². The van der Waals surface area contributed by atoms with E-state index in [2.05, 4.69) is 61.8 Å². The second-order valence-corrected chi connectivity index (χ2v) is 10.9. The third-order valence-electron chi connectivity index (χ3n) is 9.25. The molecule has 32 heavy (non-hydrogen) atoms. The highest BCUT2D eigenvalue weighted by atomic mass is 16.6. The van der Waals surface area contributed by atoms with Gasteiger partial charge in [-0.15, -0.1) is 0 Å². The zero-order chi connectivity index (χ0) is 22.6. The van der Waals surface area contributed by atoms with Gasteiger partial charge in [0.05, 0.1) is 12.0 Å². The first kappa shape index (κ1) is 22.0. The molecule has 0 amide bonds. The maximum atomic E-state index is 12.9. The molecule has 1 saturated carbocycles. The van der Waals surface area contributed by atoms with Gasteiger partial charge in [0, 0.05) is 56.2 Å². The summed E-state index contributed by atoms with van der Waals surface area (Å²) < 4.78 is 5.86. The lowest BCUT2D eigenvalue weighted by Crippen LogP contribution is -2.55. The van der Waals surface area contributed by atoms with E-state index in [1.165, 1.54) is 22.4 Å². The van der Waals surface area contributed by atoms with Gasteiger partial charge in [0.2, 0.25) is 0 Å². The van der Waals surface area contributed by atoms with Crippen LogP contribution in [-0.4, -0.2) is 60.9 Å². The zero-order valence-electron chi connectivity index (χ0n) is 20.0. The average molecular weight is 439 g/mol. The predicted molar refractivity (Wildman–Crippen MR) is 127 cm³/mol. The van der Waals surface area contributed by atoms with Crippen molar-refractivity contribution in [2.45, 2.75) is 59.2 Å². The Hall–Kier alpha value is -1.85. The Kier molecular flexibility index (Phi) is 5.61. The van der Waals surface area contributed by atoms with Crippen molar-refractivity contribution in [3.8, 4) is 0 Å². The van der Waals surface area contributed by atoms with Crippen LogP contribution in [0, 0.1) is 37.0 Å². The van der Waals surface area contributed by atoms with Gasteiger partial charge in [-0.25, -0.2) is 0 Å². The number of benzene rings is 1. The fourth-order valence-electron chi connectivity index (χ4n) is 6.66. The summed E-state index contributed by atoms with van der Waals surface area (Å²) in [6.07, 6.45) is 4.59. The van der Waals surface area contributed by atoms with Crippen LogP contribution in [-0.2, 0) is 9.53 Å². The van der Waals surface area contributed by atoms with Gasteiger partial charge in [0.15, 0.2) is 0 Å². The molecule has 4 aliphatic rings. The standard InChI is InChI=1S/C27H38N2O3/c1-17-8-9-21(14-18(17)2)29-12-10-28(11-13-29)16-22-24-23(32-26(22)31)15-20-7-5-6-19(3)27(20,4)25(24)30/h7-9,14,19,22-25,30H,5-6,10-13,15-16H2,1-4H3. The summed E-state index contributed by atoms with van der Waals surface area (Å²) in [5, 5.41) is 11.6. The zero-order valence-corrected chi connectivity index (χ0v) is 20.0. The lowest BCUT2D eigenvalue weighted by molar-refractivity contribution is -0.145. The molecule has 6 unspecified atom stereocenters. The number of rotatable bonds is 3. The molecular formula is C27H38N2O3. The quantitative estimate of drug-likeness (QED) is 0.576. The van der Waals surface area contributed by atoms with E-state index in [-0.39, 0.29) is 29.3 Å². The van der Waals surface area contributed by atoms with Gasteiger partial charge in [0.1, 0.15) is 6.10 Å². The predicted octanol–water partition coefficient (Wildman–Crippen LogP) is 3.71. The van der Waals surface area contributed by atoms with Gasteiger partial charge in [-0.3, -0.25) is 9.69 Å². The molecule has 1 N–H and O–H groups in total. The molecule has 0 bridgehead atoms. The number of nitrogens with zero attached hydrogens (tertiary/aromatic N) is 2. The number of ether oxygens (including phenoxy) is 1. The van der Waals surface area contributed by atoms with Crippen molar-refractivity contribution in [2.24, 2.45) is 23.2 Å². The van der Waals surface area contributed by atoms with Gasteiger partial charge in [-0.05, 0) is 55.9 Å². The molecule has 0 spiro atoms. The van der Waals surface area contributed by atoms with Gasteiger partial charge in [-0.2, -0.15) is 0 Å². The van der Waals surface area contributed by atoms with Crippen LogP contribution in [0.2, 0.25) is 0 Å². The molecule has 1 aromatic rings. The summed E-state index contributed by atoms with van der Waals surface area (Å²) in [6.45, 7) is 13.3. The summed E-state index contributed by atoms with van der Waals surface area (Å²) >= 11 is 0. The molecule has 6 atom stereocenters. The minimum atomic E-state index is -0.518. The first-order valence-electron chi connectivity index (χ1n) is 12.4. The van der Waals surface area contributed by atoms with Crippen LogP contribution in [0.4, 0.5) is 5.69 Å². The van der Waals surface area contributed by atoms with Crippen molar-refractivity contribution >= 4 is 11.7 Å². The fraction of sp³-hybridized carbons (Fsp3) is 0.667. The molecule has 2 heterocycles. The maximum Gasteiger partial charge on any atom is 0.311 e. The number of allylic oxidation sites excluding steroid dienone is 1. The summed E-state index contributed by atoms with van der Waals surface area (Å²) in [6, 6.07) is 6.69. The largest absolute Gasteiger partial charge is 0.461 e. The molecule has 2 saturated heterocycles. The Morgan fingerprint density at radius 2 is 1.91 bits per heavy atom. The van der Waals surface area contributed by atoms with Crippen LogP contribution in [0.15, 0.2) is 29.8 Å². The van der Waals surface area contributed by atoms with Crippen LogP contribution in [0.25, 0.3) is 0 Å². The molecule has 1 aromatic carbocycles. The Morgan fingerprint density at radius 3 is 2.62 bits per heavy atom. The SMILES string of the molecule is Cc1ccc(N2CCN(CC3C(=O)OC4CC5=CCCC(C)C5(C)C(O)C43)CC2)cc1C. The lowest BCUT2D eigenvalue weighted by Gasteiger charge is -2.52. The van der Waals surface area contributed by atoms with E-state index in [4.69, 9.17) is 4.74 Å². The smallest absolute Gasteiger partial charge is 0.311 e. The summed E-state index contributed by atoms with van der Waals surface area (Å²) in [7, 11) is 0. The molecule has 5 rings (SSSR count). The van der Waals surface area contributed by atoms with Crippen molar-refractivity contribution in [3.05, 3.63) is 41.0 Å². The van der Waals surface area contributed by atoms with E-state index < -0.39 is 6.10 Å². The molecule has 2 aliphatic carbocycles. The molecule has 0 aromatic heterocycles. The number of anilines is 1. The van der Waals surface area contributed by atoms with Gasteiger partial charge in [0.25, 0.3) is 0 Å². The van der Waals surface area contributed by atoms with Crippen molar-refractivity contribution in [1.29, 1.82) is 0 Å². The topological polar surface area (TPSA) is 53.0 Å². The number of aliphatic hydroxyl groups excluding tert-OH is 1. The highest BCUT2D eigenvalue weighted by Crippen LogP contribution is 2.56. The summed E-state index contributed by atoms with van der Waals surface area (Å²) in [4.78, 5) is 17.8. The number of hydrogen-bond donors (Lipinski definition) is 1. The Balaban J connectivity index is 1.27. The highest BCUT2D eigenvalue weighted by Gasteiger charge is 2.59. The molecule has 0 radical (unpaired) electrons. The Morgan fingerprint density at radius 1 is 1.16 bits per heavy atom. The van der Waals surface area contributed by atoms with Gasteiger partial charge < -0.3 is 14.7 Å². The molecule has 5 heteroatoms.